The average molecular weight is 348 g/mol. The summed E-state index contributed by atoms with van der Waals surface area (Å²) in [5.41, 5.74) is 0.932. The Hall–Kier alpha value is -1.85. The van der Waals surface area contributed by atoms with E-state index < -0.39 is 0 Å². The smallest absolute Gasteiger partial charge is 0.225 e. The molecule has 0 unspecified atom stereocenters. The highest BCUT2D eigenvalue weighted by Crippen LogP contribution is 2.31. The SMILES string of the molecule is Cc1cc2c(Nc3ccc(OCC(C)C)cc3)nc(Cl)nc2s1. The maximum atomic E-state index is 6.02. The Morgan fingerprint density at radius 3 is 2.65 bits per heavy atom. The van der Waals surface area contributed by atoms with Gasteiger partial charge in [-0.3, -0.25) is 0 Å². The van der Waals surface area contributed by atoms with Gasteiger partial charge in [-0.25, -0.2) is 4.98 Å². The van der Waals surface area contributed by atoms with Gasteiger partial charge in [-0.05, 0) is 54.8 Å². The Labute approximate surface area is 144 Å². The van der Waals surface area contributed by atoms with E-state index in [2.05, 4.69) is 35.2 Å². The number of hydrogen-bond acceptors (Lipinski definition) is 5. The summed E-state index contributed by atoms with van der Waals surface area (Å²) in [6.07, 6.45) is 0. The molecule has 1 N–H and O–H groups in total. The third kappa shape index (κ3) is 3.92. The summed E-state index contributed by atoms with van der Waals surface area (Å²) in [6.45, 7) is 7.01. The standard InChI is InChI=1S/C17H18ClN3OS/c1-10(2)9-22-13-6-4-12(5-7-13)19-15-14-8-11(3)23-16(14)21-17(18)20-15/h4-8,10H,9H2,1-3H3,(H,19,20,21). The van der Waals surface area contributed by atoms with Gasteiger partial charge in [0.15, 0.2) is 0 Å². The predicted molar refractivity (Wildman–Crippen MR) is 97.2 cm³/mol. The average Bonchev–Trinajstić information content (AvgIpc) is 2.87. The van der Waals surface area contributed by atoms with Crippen LogP contribution in [-0.2, 0) is 0 Å². The molecule has 0 saturated heterocycles. The van der Waals surface area contributed by atoms with Gasteiger partial charge in [-0.2, -0.15) is 4.98 Å². The Morgan fingerprint density at radius 1 is 1.22 bits per heavy atom. The molecule has 0 aliphatic carbocycles. The highest BCUT2D eigenvalue weighted by atomic mass is 35.5. The molecule has 0 aliphatic rings. The molecule has 0 saturated carbocycles. The third-order valence-electron chi connectivity index (χ3n) is 3.19. The largest absolute Gasteiger partial charge is 0.493 e. The highest BCUT2D eigenvalue weighted by Gasteiger charge is 2.10. The lowest BCUT2D eigenvalue weighted by Gasteiger charge is -2.10. The lowest BCUT2D eigenvalue weighted by atomic mass is 10.2. The van der Waals surface area contributed by atoms with Crippen molar-refractivity contribution in [3.8, 4) is 5.75 Å². The number of thiophene rings is 1. The van der Waals surface area contributed by atoms with Gasteiger partial charge < -0.3 is 10.1 Å². The number of rotatable bonds is 5. The fraction of sp³-hybridized carbons (Fsp3) is 0.294. The second-order valence-electron chi connectivity index (χ2n) is 5.77. The molecule has 0 spiro atoms. The molecule has 6 heteroatoms. The van der Waals surface area contributed by atoms with Gasteiger partial charge in [0.1, 0.15) is 16.4 Å². The van der Waals surface area contributed by atoms with E-state index >= 15 is 0 Å². The summed E-state index contributed by atoms with van der Waals surface area (Å²) in [5.74, 6) is 2.09. The normalized spacial score (nSPS) is 11.2. The molecule has 0 fully saturated rings. The lowest BCUT2D eigenvalue weighted by Crippen LogP contribution is -2.04. The maximum Gasteiger partial charge on any atom is 0.225 e. The van der Waals surface area contributed by atoms with Crippen molar-refractivity contribution in [2.24, 2.45) is 5.92 Å². The lowest BCUT2D eigenvalue weighted by molar-refractivity contribution is 0.271. The van der Waals surface area contributed by atoms with Gasteiger partial charge in [0.2, 0.25) is 5.28 Å². The molecule has 1 aromatic carbocycles. The first-order valence-corrected chi connectivity index (χ1v) is 8.64. The van der Waals surface area contributed by atoms with E-state index in [0.717, 1.165) is 27.5 Å². The molecule has 0 aliphatic heterocycles. The zero-order valence-electron chi connectivity index (χ0n) is 13.3. The number of hydrogen-bond donors (Lipinski definition) is 1. The topological polar surface area (TPSA) is 47.0 Å². The molecule has 3 aromatic rings. The summed E-state index contributed by atoms with van der Waals surface area (Å²) in [7, 11) is 0. The van der Waals surface area contributed by atoms with E-state index in [1.165, 1.54) is 4.88 Å². The highest BCUT2D eigenvalue weighted by molar-refractivity contribution is 7.18. The summed E-state index contributed by atoms with van der Waals surface area (Å²) in [4.78, 5) is 10.6. The number of fused-ring (bicyclic) bond motifs is 1. The van der Waals surface area contributed by atoms with E-state index in [1.54, 1.807) is 11.3 Å². The zero-order valence-corrected chi connectivity index (χ0v) is 14.8. The van der Waals surface area contributed by atoms with Gasteiger partial charge in [0.25, 0.3) is 0 Å². The molecule has 0 amide bonds. The first-order valence-electron chi connectivity index (χ1n) is 7.45. The molecule has 3 rings (SSSR count). The molecule has 23 heavy (non-hydrogen) atoms. The summed E-state index contributed by atoms with van der Waals surface area (Å²) in [6, 6.07) is 9.90. The van der Waals surface area contributed by atoms with Crippen LogP contribution in [0.2, 0.25) is 5.28 Å². The Morgan fingerprint density at radius 2 is 1.96 bits per heavy atom. The Bertz CT molecular complexity index is 815. The van der Waals surface area contributed by atoms with Gasteiger partial charge in [-0.1, -0.05) is 13.8 Å². The molecule has 4 nitrogen and oxygen atoms in total. The number of benzene rings is 1. The van der Waals surface area contributed by atoms with E-state index in [9.17, 15) is 0 Å². The first-order chi connectivity index (χ1) is 11.0. The maximum absolute atomic E-state index is 6.02. The van der Waals surface area contributed by atoms with Crippen molar-refractivity contribution in [3.63, 3.8) is 0 Å². The van der Waals surface area contributed by atoms with Crippen LogP contribution >= 0.6 is 22.9 Å². The number of nitrogens with zero attached hydrogens (tertiary/aromatic N) is 2. The number of nitrogens with one attached hydrogen (secondary N) is 1. The van der Waals surface area contributed by atoms with Crippen LogP contribution < -0.4 is 10.1 Å². The van der Waals surface area contributed by atoms with Crippen LogP contribution in [0.4, 0.5) is 11.5 Å². The minimum atomic E-state index is 0.249. The van der Waals surface area contributed by atoms with Crippen molar-refractivity contribution < 1.29 is 4.74 Å². The number of anilines is 2. The van der Waals surface area contributed by atoms with Crippen molar-refractivity contribution in [1.82, 2.24) is 9.97 Å². The van der Waals surface area contributed by atoms with Crippen molar-refractivity contribution in [3.05, 3.63) is 40.5 Å². The van der Waals surface area contributed by atoms with Gasteiger partial charge in [0.05, 0.1) is 12.0 Å². The molecular weight excluding hydrogens is 330 g/mol. The molecule has 2 aromatic heterocycles. The minimum absolute atomic E-state index is 0.249. The van der Waals surface area contributed by atoms with Crippen LogP contribution in [0.3, 0.4) is 0 Å². The number of ether oxygens (including phenoxy) is 1. The fourth-order valence-corrected chi connectivity index (χ4v) is 3.24. The minimum Gasteiger partial charge on any atom is -0.493 e. The summed E-state index contributed by atoms with van der Waals surface area (Å²) < 4.78 is 5.69. The number of halogens is 1. The van der Waals surface area contributed by atoms with E-state index in [1.807, 2.05) is 31.2 Å². The Balaban J connectivity index is 1.82. The zero-order chi connectivity index (χ0) is 16.4. The van der Waals surface area contributed by atoms with E-state index in [-0.39, 0.29) is 5.28 Å². The van der Waals surface area contributed by atoms with Crippen LogP contribution in [0.5, 0.6) is 5.75 Å². The van der Waals surface area contributed by atoms with E-state index in [4.69, 9.17) is 16.3 Å². The van der Waals surface area contributed by atoms with Crippen LogP contribution in [0.25, 0.3) is 10.2 Å². The quantitative estimate of drug-likeness (QED) is 0.625. The molecule has 0 atom stereocenters. The third-order valence-corrected chi connectivity index (χ3v) is 4.30. The van der Waals surface area contributed by atoms with Crippen LogP contribution in [0, 0.1) is 12.8 Å². The van der Waals surface area contributed by atoms with Crippen molar-refractivity contribution in [1.29, 1.82) is 0 Å². The van der Waals surface area contributed by atoms with Crippen molar-refractivity contribution in [2.75, 3.05) is 11.9 Å². The van der Waals surface area contributed by atoms with Gasteiger partial charge in [0, 0.05) is 10.6 Å². The summed E-state index contributed by atoms with van der Waals surface area (Å²) >= 11 is 7.63. The first kappa shape index (κ1) is 16.0. The monoisotopic (exact) mass is 347 g/mol. The molecule has 0 radical (unpaired) electrons. The van der Waals surface area contributed by atoms with Crippen LogP contribution in [0.15, 0.2) is 30.3 Å². The van der Waals surface area contributed by atoms with Gasteiger partial charge >= 0.3 is 0 Å². The second kappa shape index (κ2) is 6.72. The second-order valence-corrected chi connectivity index (χ2v) is 7.34. The Kier molecular flexibility index (Phi) is 4.68. The van der Waals surface area contributed by atoms with Crippen LogP contribution in [-0.4, -0.2) is 16.6 Å². The summed E-state index contributed by atoms with van der Waals surface area (Å²) in [5, 5.41) is 4.54. The van der Waals surface area contributed by atoms with Gasteiger partial charge in [-0.15, -0.1) is 11.3 Å². The van der Waals surface area contributed by atoms with Crippen LogP contribution in [0.1, 0.15) is 18.7 Å². The molecule has 2 heterocycles. The molecular formula is C17H18ClN3OS. The van der Waals surface area contributed by atoms with Crippen molar-refractivity contribution in [2.45, 2.75) is 20.8 Å². The number of aryl methyl sites for hydroxylation is 1. The fourth-order valence-electron chi connectivity index (χ4n) is 2.15. The van der Waals surface area contributed by atoms with E-state index in [0.29, 0.717) is 12.5 Å². The van der Waals surface area contributed by atoms with Crippen molar-refractivity contribution >= 4 is 44.7 Å². The predicted octanol–water partition coefficient (Wildman–Crippen LogP) is 5.43. The number of aromatic nitrogens is 2. The molecule has 0 bridgehead atoms. The molecule has 120 valence electrons.